The Morgan fingerprint density at radius 3 is 2.70 bits per heavy atom. The van der Waals surface area contributed by atoms with Crippen LogP contribution in [0.5, 0.6) is 0 Å². The van der Waals surface area contributed by atoms with Crippen molar-refractivity contribution in [2.45, 2.75) is 26.1 Å². The molecule has 0 bridgehead atoms. The minimum atomic E-state index is -4.63. The Kier molecular flexibility index (Phi) is 5.61. The number of nitro groups is 1. The Morgan fingerprint density at radius 2 is 2.20 bits per heavy atom. The first-order chi connectivity index (χ1) is 9.25. The molecular formula is C11H14F3N3O2S. The molecule has 5 nitrogen and oxygen atoms in total. The highest BCUT2D eigenvalue weighted by atomic mass is 32.2. The first kappa shape index (κ1) is 16.5. The summed E-state index contributed by atoms with van der Waals surface area (Å²) in [6, 6.07) is 0.479. The van der Waals surface area contributed by atoms with Crippen molar-refractivity contribution in [1.82, 2.24) is 4.98 Å². The van der Waals surface area contributed by atoms with Crippen LogP contribution in [0.4, 0.5) is 24.5 Å². The molecular weight excluding hydrogens is 295 g/mol. The molecule has 1 N–H and O–H groups in total. The number of hydrogen-bond acceptors (Lipinski definition) is 5. The van der Waals surface area contributed by atoms with Crippen LogP contribution in [0.15, 0.2) is 12.3 Å². The summed E-state index contributed by atoms with van der Waals surface area (Å²) in [5, 5.41) is 13.6. The monoisotopic (exact) mass is 309 g/mol. The molecule has 0 aromatic carbocycles. The van der Waals surface area contributed by atoms with Gasteiger partial charge in [-0.1, -0.05) is 6.92 Å². The molecule has 1 aromatic heterocycles. The molecule has 0 radical (unpaired) electrons. The quantitative estimate of drug-likeness (QED) is 0.643. The lowest BCUT2D eigenvalue weighted by atomic mass is 10.2. The van der Waals surface area contributed by atoms with E-state index >= 15 is 0 Å². The number of rotatable bonds is 6. The Bertz CT molecular complexity index is 482. The fourth-order valence-electron chi connectivity index (χ4n) is 1.47. The number of nitrogens with zero attached hydrogens (tertiary/aromatic N) is 2. The Hall–Kier alpha value is -1.51. The maximum Gasteiger partial charge on any atom is 0.433 e. The Morgan fingerprint density at radius 1 is 1.55 bits per heavy atom. The van der Waals surface area contributed by atoms with E-state index in [9.17, 15) is 23.3 Å². The predicted molar refractivity (Wildman–Crippen MR) is 72.0 cm³/mol. The van der Waals surface area contributed by atoms with Crippen LogP contribution in [0.1, 0.15) is 19.5 Å². The van der Waals surface area contributed by atoms with Crippen molar-refractivity contribution in [2.24, 2.45) is 0 Å². The first-order valence-corrected chi connectivity index (χ1v) is 6.97. The molecule has 1 rings (SSSR count). The molecule has 20 heavy (non-hydrogen) atoms. The number of aromatic nitrogens is 1. The molecule has 1 aromatic rings. The highest BCUT2D eigenvalue weighted by Gasteiger charge is 2.34. The standard InChI is InChI=1S/C11H14F3N3O2S/c1-3-20-6-7(2)16-8-4-10(11(12,13)14)15-5-9(8)17(18)19/h4-5,7H,3,6H2,1-2H3,(H,15,16). The summed E-state index contributed by atoms with van der Waals surface area (Å²) in [4.78, 5) is 13.2. The summed E-state index contributed by atoms with van der Waals surface area (Å²) in [5.41, 5.74) is -1.78. The molecule has 1 heterocycles. The molecule has 0 saturated heterocycles. The molecule has 112 valence electrons. The van der Waals surface area contributed by atoms with Gasteiger partial charge >= 0.3 is 11.9 Å². The number of anilines is 1. The number of pyridine rings is 1. The summed E-state index contributed by atoms with van der Waals surface area (Å²) in [5.74, 6) is 1.50. The summed E-state index contributed by atoms with van der Waals surface area (Å²) in [7, 11) is 0. The van der Waals surface area contributed by atoms with Crippen molar-refractivity contribution in [2.75, 3.05) is 16.8 Å². The molecule has 0 spiro atoms. The third kappa shape index (κ3) is 4.55. The second kappa shape index (κ2) is 6.78. The van der Waals surface area contributed by atoms with Gasteiger partial charge < -0.3 is 5.32 Å². The van der Waals surface area contributed by atoms with Gasteiger partial charge in [-0.3, -0.25) is 10.1 Å². The van der Waals surface area contributed by atoms with E-state index in [1.807, 2.05) is 6.92 Å². The van der Waals surface area contributed by atoms with Gasteiger partial charge in [0, 0.05) is 11.8 Å². The van der Waals surface area contributed by atoms with Crippen molar-refractivity contribution in [3.8, 4) is 0 Å². The fraction of sp³-hybridized carbons (Fsp3) is 0.545. The molecule has 1 atom stereocenters. The van der Waals surface area contributed by atoms with Crippen LogP contribution in [0.3, 0.4) is 0 Å². The van der Waals surface area contributed by atoms with Gasteiger partial charge in [0.15, 0.2) is 0 Å². The highest BCUT2D eigenvalue weighted by Crippen LogP contribution is 2.33. The molecule has 9 heteroatoms. The Labute approximate surface area is 118 Å². The maximum absolute atomic E-state index is 12.6. The maximum atomic E-state index is 12.6. The van der Waals surface area contributed by atoms with Crippen LogP contribution >= 0.6 is 11.8 Å². The summed E-state index contributed by atoms with van der Waals surface area (Å²) < 4.78 is 37.7. The Balaban J connectivity index is 3.03. The molecule has 1 unspecified atom stereocenters. The molecule has 0 aliphatic rings. The predicted octanol–water partition coefficient (Wildman–Crippen LogP) is 3.56. The van der Waals surface area contributed by atoms with Crippen molar-refractivity contribution in [3.63, 3.8) is 0 Å². The van der Waals surface area contributed by atoms with Gasteiger partial charge in [-0.15, -0.1) is 0 Å². The van der Waals surface area contributed by atoms with E-state index in [0.29, 0.717) is 18.0 Å². The third-order valence-electron chi connectivity index (χ3n) is 2.34. The normalized spacial score (nSPS) is 13.1. The van der Waals surface area contributed by atoms with E-state index in [0.717, 1.165) is 5.75 Å². The van der Waals surface area contributed by atoms with Crippen molar-refractivity contribution in [1.29, 1.82) is 0 Å². The number of halogens is 3. The van der Waals surface area contributed by atoms with Crippen LogP contribution in [-0.2, 0) is 6.18 Å². The van der Waals surface area contributed by atoms with E-state index in [1.165, 1.54) is 0 Å². The molecule has 0 aliphatic heterocycles. The third-order valence-corrected chi connectivity index (χ3v) is 3.49. The van der Waals surface area contributed by atoms with Gasteiger partial charge in [-0.2, -0.15) is 24.9 Å². The zero-order valence-corrected chi connectivity index (χ0v) is 11.7. The van der Waals surface area contributed by atoms with E-state index in [2.05, 4.69) is 10.3 Å². The molecule has 0 fully saturated rings. The van der Waals surface area contributed by atoms with E-state index in [1.54, 1.807) is 18.7 Å². The second-order valence-electron chi connectivity index (χ2n) is 4.05. The largest absolute Gasteiger partial charge is 0.433 e. The van der Waals surface area contributed by atoms with Gasteiger partial charge in [0.05, 0.1) is 4.92 Å². The molecule has 0 aliphatic carbocycles. The lowest BCUT2D eigenvalue weighted by Gasteiger charge is -2.15. The number of alkyl halides is 3. The number of nitrogens with one attached hydrogen (secondary N) is 1. The summed E-state index contributed by atoms with van der Waals surface area (Å²) in [6.07, 6.45) is -4.00. The summed E-state index contributed by atoms with van der Waals surface area (Å²) >= 11 is 1.59. The van der Waals surface area contributed by atoms with Gasteiger partial charge in [-0.05, 0) is 18.7 Å². The van der Waals surface area contributed by atoms with E-state index < -0.39 is 22.5 Å². The molecule has 0 saturated carbocycles. The van der Waals surface area contributed by atoms with Gasteiger partial charge in [0.25, 0.3) is 0 Å². The van der Waals surface area contributed by atoms with Crippen LogP contribution in [-0.4, -0.2) is 27.5 Å². The van der Waals surface area contributed by atoms with Crippen LogP contribution in [0.2, 0.25) is 0 Å². The average Bonchev–Trinajstić information content (AvgIpc) is 2.34. The zero-order chi connectivity index (χ0) is 15.3. The zero-order valence-electron chi connectivity index (χ0n) is 10.9. The van der Waals surface area contributed by atoms with Gasteiger partial charge in [0.2, 0.25) is 0 Å². The highest BCUT2D eigenvalue weighted by molar-refractivity contribution is 7.99. The number of hydrogen-bond donors (Lipinski definition) is 1. The lowest BCUT2D eigenvalue weighted by molar-refractivity contribution is -0.384. The smallest absolute Gasteiger partial charge is 0.376 e. The second-order valence-corrected chi connectivity index (χ2v) is 5.37. The van der Waals surface area contributed by atoms with Gasteiger partial charge in [0.1, 0.15) is 17.6 Å². The van der Waals surface area contributed by atoms with E-state index in [-0.39, 0.29) is 11.7 Å². The van der Waals surface area contributed by atoms with Crippen LogP contribution in [0.25, 0.3) is 0 Å². The van der Waals surface area contributed by atoms with E-state index in [4.69, 9.17) is 0 Å². The minimum absolute atomic E-state index is 0.165. The fourth-order valence-corrected chi connectivity index (χ4v) is 2.14. The first-order valence-electron chi connectivity index (χ1n) is 5.81. The lowest BCUT2D eigenvalue weighted by Crippen LogP contribution is -2.20. The molecule has 0 amide bonds. The topological polar surface area (TPSA) is 68.1 Å². The minimum Gasteiger partial charge on any atom is -0.376 e. The summed E-state index contributed by atoms with van der Waals surface area (Å²) in [6.45, 7) is 3.70. The average molecular weight is 309 g/mol. The van der Waals surface area contributed by atoms with Crippen LogP contribution < -0.4 is 5.32 Å². The van der Waals surface area contributed by atoms with Gasteiger partial charge in [-0.25, -0.2) is 4.98 Å². The van der Waals surface area contributed by atoms with Crippen molar-refractivity contribution in [3.05, 3.63) is 28.1 Å². The number of thioether (sulfide) groups is 1. The van der Waals surface area contributed by atoms with Crippen molar-refractivity contribution >= 4 is 23.1 Å². The SMILES string of the molecule is CCSCC(C)Nc1cc(C(F)(F)F)ncc1[N+](=O)[O-]. The van der Waals surface area contributed by atoms with Crippen molar-refractivity contribution < 1.29 is 18.1 Å². The van der Waals surface area contributed by atoms with Crippen LogP contribution in [0, 0.1) is 10.1 Å².